The first-order chi connectivity index (χ1) is 11.5. The Kier molecular flexibility index (Phi) is 4.28. The van der Waals surface area contributed by atoms with Crippen LogP contribution in [0.4, 0.5) is 11.4 Å². The van der Waals surface area contributed by atoms with Crippen molar-refractivity contribution in [2.75, 3.05) is 12.4 Å². The maximum Gasteiger partial charge on any atom is 0.271 e. The van der Waals surface area contributed by atoms with Gasteiger partial charge in [0.25, 0.3) is 5.69 Å². The van der Waals surface area contributed by atoms with E-state index in [-0.39, 0.29) is 11.6 Å². The van der Waals surface area contributed by atoms with Crippen LogP contribution in [0.5, 0.6) is 5.75 Å². The molecule has 1 aliphatic carbocycles. The predicted molar refractivity (Wildman–Crippen MR) is 93.3 cm³/mol. The van der Waals surface area contributed by atoms with E-state index in [1.54, 1.807) is 0 Å². The molecule has 0 bridgehead atoms. The van der Waals surface area contributed by atoms with Gasteiger partial charge >= 0.3 is 0 Å². The summed E-state index contributed by atoms with van der Waals surface area (Å²) in [6.07, 6.45) is 1.50. The van der Waals surface area contributed by atoms with Crippen molar-refractivity contribution >= 4 is 33.2 Å². The molecule has 1 amide bonds. The summed E-state index contributed by atoms with van der Waals surface area (Å²) in [7, 11) is 1.46. The van der Waals surface area contributed by atoms with E-state index >= 15 is 0 Å². The average Bonchev–Trinajstić information content (AvgIpc) is 3.37. The lowest BCUT2D eigenvalue weighted by Gasteiger charge is -2.17. The highest BCUT2D eigenvalue weighted by Gasteiger charge is 2.51. The number of nitrogens with zero attached hydrogens (tertiary/aromatic N) is 1. The summed E-state index contributed by atoms with van der Waals surface area (Å²) in [4.78, 5) is 23.2. The SMILES string of the molecule is COc1ccc([N+](=O)[O-])cc1NC(=O)C1(c2ccc(Br)cc2)CC1. The van der Waals surface area contributed by atoms with E-state index in [1.807, 2.05) is 24.3 Å². The second-order valence-electron chi connectivity index (χ2n) is 5.68. The van der Waals surface area contributed by atoms with Gasteiger partial charge < -0.3 is 10.1 Å². The zero-order valence-electron chi connectivity index (χ0n) is 12.9. The van der Waals surface area contributed by atoms with Crippen LogP contribution in [-0.2, 0) is 10.2 Å². The molecule has 1 aliphatic rings. The van der Waals surface area contributed by atoms with Gasteiger partial charge in [-0.2, -0.15) is 0 Å². The van der Waals surface area contributed by atoms with Crippen LogP contribution in [0.3, 0.4) is 0 Å². The molecule has 0 radical (unpaired) electrons. The smallest absolute Gasteiger partial charge is 0.271 e. The van der Waals surface area contributed by atoms with Crippen molar-refractivity contribution in [3.05, 3.63) is 62.6 Å². The Morgan fingerprint density at radius 3 is 2.46 bits per heavy atom. The summed E-state index contributed by atoms with van der Waals surface area (Å²) in [5, 5.41) is 13.7. The standard InChI is InChI=1S/C17H15BrN2O4/c1-24-15-7-6-13(20(22)23)10-14(15)19-16(21)17(8-9-17)11-2-4-12(18)5-3-11/h2-7,10H,8-9H2,1H3,(H,19,21). The third-order valence-electron chi connectivity index (χ3n) is 4.22. The summed E-state index contributed by atoms with van der Waals surface area (Å²) in [6.45, 7) is 0. The zero-order chi connectivity index (χ0) is 17.3. The number of halogens is 1. The third kappa shape index (κ3) is 2.99. The second-order valence-corrected chi connectivity index (χ2v) is 6.60. The molecular weight excluding hydrogens is 376 g/mol. The molecule has 24 heavy (non-hydrogen) atoms. The Bertz CT molecular complexity index is 801. The number of carbonyl (C=O) groups is 1. The van der Waals surface area contributed by atoms with Crippen molar-refractivity contribution in [2.24, 2.45) is 0 Å². The minimum Gasteiger partial charge on any atom is -0.495 e. The van der Waals surface area contributed by atoms with Gasteiger partial charge in [-0.3, -0.25) is 14.9 Å². The summed E-state index contributed by atoms with van der Waals surface area (Å²) in [5.41, 5.74) is 0.573. The first kappa shape index (κ1) is 16.4. The molecule has 2 aromatic carbocycles. The molecule has 0 aromatic heterocycles. The van der Waals surface area contributed by atoms with Crippen LogP contribution in [-0.4, -0.2) is 17.9 Å². The van der Waals surface area contributed by atoms with Gasteiger partial charge in [0.1, 0.15) is 5.75 Å². The zero-order valence-corrected chi connectivity index (χ0v) is 14.5. The van der Waals surface area contributed by atoms with Gasteiger partial charge in [0, 0.05) is 16.6 Å². The largest absolute Gasteiger partial charge is 0.495 e. The minimum atomic E-state index is -0.573. The van der Waals surface area contributed by atoms with Gasteiger partial charge in [-0.25, -0.2) is 0 Å². The van der Waals surface area contributed by atoms with E-state index in [0.717, 1.165) is 22.9 Å². The van der Waals surface area contributed by atoms with Gasteiger partial charge in [-0.15, -0.1) is 0 Å². The Morgan fingerprint density at radius 1 is 1.25 bits per heavy atom. The number of nitrogens with one attached hydrogen (secondary N) is 1. The molecule has 7 heteroatoms. The topological polar surface area (TPSA) is 81.5 Å². The average molecular weight is 391 g/mol. The summed E-state index contributed by atoms with van der Waals surface area (Å²) in [5.74, 6) is 0.212. The maximum absolute atomic E-state index is 12.8. The molecule has 2 aromatic rings. The molecule has 0 aliphatic heterocycles. The first-order valence-electron chi connectivity index (χ1n) is 7.36. The van der Waals surface area contributed by atoms with Crippen LogP contribution in [0.2, 0.25) is 0 Å². The van der Waals surface area contributed by atoms with Crippen molar-refractivity contribution in [1.82, 2.24) is 0 Å². The number of ether oxygens (including phenoxy) is 1. The van der Waals surface area contributed by atoms with Crippen LogP contribution >= 0.6 is 15.9 Å². The molecule has 6 nitrogen and oxygen atoms in total. The monoisotopic (exact) mass is 390 g/mol. The number of amides is 1. The quantitative estimate of drug-likeness (QED) is 0.616. The number of methoxy groups -OCH3 is 1. The molecule has 0 atom stereocenters. The van der Waals surface area contributed by atoms with E-state index in [0.29, 0.717) is 11.4 Å². The van der Waals surface area contributed by atoms with Crippen molar-refractivity contribution < 1.29 is 14.5 Å². The Balaban J connectivity index is 1.88. The molecule has 0 saturated heterocycles. The minimum absolute atomic E-state index is 0.0976. The summed E-state index contributed by atoms with van der Waals surface area (Å²) < 4.78 is 6.14. The molecule has 1 saturated carbocycles. The van der Waals surface area contributed by atoms with E-state index < -0.39 is 10.3 Å². The Morgan fingerprint density at radius 2 is 1.92 bits per heavy atom. The lowest BCUT2D eigenvalue weighted by molar-refractivity contribution is -0.384. The third-order valence-corrected chi connectivity index (χ3v) is 4.75. The number of benzene rings is 2. The van der Waals surface area contributed by atoms with Gasteiger partial charge in [-0.1, -0.05) is 28.1 Å². The molecule has 0 heterocycles. The van der Waals surface area contributed by atoms with Crippen LogP contribution in [0.15, 0.2) is 46.9 Å². The number of nitro benzene ring substituents is 1. The summed E-state index contributed by atoms with van der Waals surface area (Å²) >= 11 is 3.38. The van der Waals surface area contributed by atoms with E-state index in [9.17, 15) is 14.9 Å². The number of nitro groups is 1. The van der Waals surface area contributed by atoms with E-state index in [1.165, 1.54) is 25.3 Å². The fourth-order valence-electron chi connectivity index (χ4n) is 2.69. The van der Waals surface area contributed by atoms with Crippen molar-refractivity contribution in [2.45, 2.75) is 18.3 Å². The van der Waals surface area contributed by atoms with Gasteiger partial charge in [-0.05, 0) is 36.6 Å². The number of hydrogen-bond acceptors (Lipinski definition) is 4. The number of rotatable bonds is 5. The highest BCUT2D eigenvalue weighted by Crippen LogP contribution is 2.49. The highest BCUT2D eigenvalue weighted by atomic mass is 79.9. The fourth-order valence-corrected chi connectivity index (χ4v) is 2.95. The maximum atomic E-state index is 12.8. The first-order valence-corrected chi connectivity index (χ1v) is 8.15. The molecule has 3 rings (SSSR count). The van der Waals surface area contributed by atoms with Crippen LogP contribution in [0, 0.1) is 10.1 Å². The molecule has 0 spiro atoms. The molecule has 124 valence electrons. The second kappa shape index (κ2) is 6.24. The highest BCUT2D eigenvalue weighted by molar-refractivity contribution is 9.10. The fraction of sp³-hybridized carbons (Fsp3) is 0.235. The lowest BCUT2D eigenvalue weighted by atomic mass is 9.95. The van der Waals surface area contributed by atoms with Crippen molar-refractivity contribution in [3.8, 4) is 5.75 Å². The molecular formula is C17H15BrN2O4. The Hall–Kier alpha value is -2.41. The van der Waals surface area contributed by atoms with Crippen LogP contribution < -0.4 is 10.1 Å². The summed E-state index contributed by atoms with van der Waals surface area (Å²) in [6, 6.07) is 11.8. The number of hydrogen-bond donors (Lipinski definition) is 1. The Labute approximate surface area is 147 Å². The van der Waals surface area contributed by atoms with Crippen molar-refractivity contribution in [1.29, 1.82) is 0 Å². The van der Waals surface area contributed by atoms with Crippen LogP contribution in [0.1, 0.15) is 18.4 Å². The van der Waals surface area contributed by atoms with Gasteiger partial charge in [0.15, 0.2) is 0 Å². The number of carbonyl (C=O) groups excluding carboxylic acids is 1. The molecule has 0 unspecified atom stereocenters. The normalized spacial score (nSPS) is 14.8. The number of non-ortho nitro benzene ring substituents is 1. The lowest BCUT2D eigenvalue weighted by Crippen LogP contribution is -2.28. The predicted octanol–water partition coefficient (Wildman–Crippen LogP) is 4.04. The van der Waals surface area contributed by atoms with Gasteiger partial charge in [0.2, 0.25) is 5.91 Å². The van der Waals surface area contributed by atoms with Crippen molar-refractivity contribution in [3.63, 3.8) is 0 Å². The molecule has 1 N–H and O–H groups in total. The van der Waals surface area contributed by atoms with Gasteiger partial charge in [0.05, 0.1) is 23.1 Å². The van der Waals surface area contributed by atoms with E-state index in [4.69, 9.17) is 4.74 Å². The number of anilines is 1. The van der Waals surface area contributed by atoms with Crippen LogP contribution in [0.25, 0.3) is 0 Å². The van der Waals surface area contributed by atoms with E-state index in [2.05, 4.69) is 21.2 Å². The molecule has 1 fully saturated rings.